The molecule has 3 rings (SSSR count). The van der Waals surface area contributed by atoms with Crippen LogP contribution in [-0.2, 0) is 15.8 Å². The Balaban J connectivity index is 1.58. The van der Waals surface area contributed by atoms with Crippen LogP contribution in [0.25, 0.3) is 0 Å². The molecule has 1 aliphatic carbocycles. The number of anilines is 1. The zero-order valence-electron chi connectivity index (χ0n) is 11.5. The maximum absolute atomic E-state index is 12.2. The smallest absolute Gasteiger partial charge is 0.216 e. The summed E-state index contributed by atoms with van der Waals surface area (Å²) in [5.74, 6) is -0.00202. The lowest BCUT2D eigenvalue weighted by molar-refractivity contribution is 0.322. The molecule has 0 amide bonds. The molecule has 0 radical (unpaired) electrons. The zero-order valence-corrected chi connectivity index (χ0v) is 12.3. The molecule has 0 spiro atoms. The van der Waals surface area contributed by atoms with Crippen molar-refractivity contribution < 1.29 is 8.42 Å². The minimum Gasteiger partial charge on any atom is -0.399 e. The summed E-state index contributed by atoms with van der Waals surface area (Å²) in [4.78, 5) is 2.40. The zero-order chi connectivity index (χ0) is 14.2. The normalized spacial score (nSPS) is 24.1. The molecule has 110 valence electrons. The number of hydrogen-bond acceptors (Lipinski definition) is 4. The Morgan fingerprint density at radius 2 is 2.10 bits per heavy atom. The van der Waals surface area contributed by atoms with Crippen molar-refractivity contribution in [1.82, 2.24) is 9.62 Å². The summed E-state index contributed by atoms with van der Waals surface area (Å²) in [7, 11) is -3.30. The van der Waals surface area contributed by atoms with Gasteiger partial charge in [-0.15, -0.1) is 0 Å². The first kappa shape index (κ1) is 13.9. The minimum absolute atomic E-state index is 0.00202. The second-order valence-electron chi connectivity index (χ2n) is 5.83. The number of rotatable bonds is 5. The lowest BCUT2D eigenvalue weighted by atomic mass is 10.2. The molecule has 6 heteroatoms. The fourth-order valence-electron chi connectivity index (χ4n) is 2.85. The van der Waals surface area contributed by atoms with Gasteiger partial charge in [0.05, 0.1) is 5.75 Å². The van der Waals surface area contributed by atoms with Crippen LogP contribution >= 0.6 is 0 Å². The molecule has 1 aromatic rings. The van der Waals surface area contributed by atoms with Crippen LogP contribution in [0.1, 0.15) is 24.8 Å². The van der Waals surface area contributed by atoms with Gasteiger partial charge in [-0.05, 0) is 37.0 Å². The number of likely N-dealkylation sites (tertiary alicyclic amines) is 1. The Morgan fingerprint density at radius 1 is 1.30 bits per heavy atom. The number of nitrogen functional groups attached to an aromatic ring is 1. The van der Waals surface area contributed by atoms with Crippen molar-refractivity contribution in [2.24, 2.45) is 0 Å². The van der Waals surface area contributed by atoms with Crippen LogP contribution in [0.2, 0.25) is 0 Å². The molecule has 1 atom stereocenters. The molecule has 0 bridgehead atoms. The van der Waals surface area contributed by atoms with Crippen molar-refractivity contribution in [2.45, 2.75) is 37.1 Å². The van der Waals surface area contributed by atoms with E-state index in [0.29, 0.717) is 11.7 Å². The molecule has 5 nitrogen and oxygen atoms in total. The summed E-state index contributed by atoms with van der Waals surface area (Å²) in [5.41, 5.74) is 7.00. The van der Waals surface area contributed by atoms with Gasteiger partial charge in [-0.25, -0.2) is 13.1 Å². The van der Waals surface area contributed by atoms with E-state index in [1.807, 2.05) is 0 Å². The van der Waals surface area contributed by atoms with E-state index < -0.39 is 10.0 Å². The van der Waals surface area contributed by atoms with Crippen molar-refractivity contribution in [3.05, 3.63) is 29.8 Å². The van der Waals surface area contributed by atoms with Crippen LogP contribution < -0.4 is 10.5 Å². The van der Waals surface area contributed by atoms with Gasteiger partial charge in [-0.3, -0.25) is 4.90 Å². The molecule has 2 fully saturated rings. The van der Waals surface area contributed by atoms with Crippen LogP contribution in [0.3, 0.4) is 0 Å². The van der Waals surface area contributed by atoms with Crippen LogP contribution in [0.15, 0.2) is 24.3 Å². The number of nitrogens with zero attached hydrogens (tertiary/aromatic N) is 1. The van der Waals surface area contributed by atoms with Gasteiger partial charge in [0.2, 0.25) is 10.0 Å². The maximum Gasteiger partial charge on any atom is 0.216 e. The van der Waals surface area contributed by atoms with Gasteiger partial charge < -0.3 is 5.73 Å². The van der Waals surface area contributed by atoms with E-state index in [4.69, 9.17) is 5.73 Å². The van der Waals surface area contributed by atoms with Crippen molar-refractivity contribution in [2.75, 3.05) is 18.8 Å². The fourth-order valence-corrected chi connectivity index (χ4v) is 4.25. The Kier molecular flexibility index (Phi) is 3.70. The van der Waals surface area contributed by atoms with Gasteiger partial charge in [-0.1, -0.05) is 12.1 Å². The fraction of sp³-hybridized carbons (Fsp3) is 0.571. The topological polar surface area (TPSA) is 75.4 Å². The predicted octanol–water partition coefficient (Wildman–Crippen LogP) is 0.925. The predicted molar refractivity (Wildman–Crippen MR) is 79.6 cm³/mol. The molecule has 1 heterocycles. The Hall–Kier alpha value is -1.11. The second-order valence-corrected chi connectivity index (χ2v) is 7.59. The minimum atomic E-state index is -3.30. The van der Waals surface area contributed by atoms with Crippen molar-refractivity contribution in [1.29, 1.82) is 0 Å². The SMILES string of the molecule is Nc1cccc(CS(=O)(=O)NC2CCN(C3CC3)C2)c1. The van der Waals surface area contributed by atoms with Gasteiger partial charge in [0.25, 0.3) is 0 Å². The van der Waals surface area contributed by atoms with Gasteiger partial charge in [0, 0.05) is 30.9 Å². The summed E-state index contributed by atoms with van der Waals surface area (Å²) in [6.07, 6.45) is 3.44. The third-order valence-electron chi connectivity index (χ3n) is 3.94. The van der Waals surface area contributed by atoms with Crippen molar-refractivity contribution >= 4 is 15.7 Å². The summed E-state index contributed by atoms with van der Waals surface area (Å²) >= 11 is 0. The van der Waals surface area contributed by atoms with Crippen LogP contribution in [0.5, 0.6) is 0 Å². The first-order chi connectivity index (χ1) is 9.52. The van der Waals surface area contributed by atoms with E-state index in [9.17, 15) is 8.42 Å². The third kappa shape index (κ3) is 3.50. The van der Waals surface area contributed by atoms with Gasteiger partial charge >= 0.3 is 0 Å². The van der Waals surface area contributed by atoms with E-state index in [0.717, 1.165) is 25.1 Å². The maximum atomic E-state index is 12.2. The Bertz CT molecular complexity index is 584. The van der Waals surface area contributed by atoms with Crippen molar-refractivity contribution in [3.63, 3.8) is 0 Å². The monoisotopic (exact) mass is 295 g/mol. The molecule has 20 heavy (non-hydrogen) atoms. The van der Waals surface area contributed by atoms with Crippen LogP contribution in [0, 0.1) is 0 Å². The Morgan fingerprint density at radius 3 is 2.80 bits per heavy atom. The second kappa shape index (κ2) is 5.35. The molecule has 1 unspecified atom stereocenters. The summed E-state index contributed by atoms with van der Waals surface area (Å²) in [5, 5.41) is 0. The van der Waals surface area contributed by atoms with Crippen LogP contribution in [-0.4, -0.2) is 38.5 Å². The average Bonchev–Trinajstić information content (AvgIpc) is 3.10. The summed E-state index contributed by atoms with van der Waals surface area (Å²) in [6, 6.07) is 7.81. The highest BCUT2D eigenvalue weighted by Crippen LogP contribution is 2.30. The van der Waals surface area contributed by atoms with E-state index in [1.165, 1.54) is 12.8 Å². The molecular formula is C14H21N3O2S. The number of sulfonamides is 1. The first-order valence-electron chi connectivity index (χ1n) is 7.10. The highest BCUT2D eigenvalue weighted by atomic mass is 32.2. The quantitative estimate of drug-likeness (QED) is 0.792. The molecule has 1 saturated heterocycles. The first-order valence-corrected chi connectivity index (χ1v) is 8.75. The largest absolute Gasteiger partial charge is 0.399 e. The van der Waals surface area contributed by atoms with Crippen LogP contribution in [0.4, 0.5) is 5.69 Å². The molecule has 1 aliphatic heterocycles. The molecule has 1 saturated carbocycles. The molecule has 0 aromatic heterocycles. The number of hydrogen-bond donors (Lipinski definition) is 2. The van der Waals surface area contributed by atoms with Gasteiger partial charge in [-0.2, -0.15) is 0 Å². The molecule has 2 aliphatic rings. The van der Waals surface area contributed by atoms with E-state index >= 15 is 0 Å². The molecular weight excluding hydrogens is 274 g/mol. The van der Waals surface area contributed by atoms with E-state index in [1.54, 1.807) is 24.3 Å². The number of nitrogens with one attached hydrogen (secondary N) is 1. The molecule has 1 aromatic carbocycles. The summed E-state index contributed by atoms with van der Waals surface area (Å²) in [6.45, 7) is 1.86. The average molecular weight is 295 g/mol. The highest BCUT2D eigenvalue weighted by molar-refractivity contribution is 7.88. The van der Waals surface area contributed by atoms with E-state index in [-0.39, 0.29) is 11.8 Å². The lowest BCUT2D eigenvalue weighted by Crippen LogP contribution is -2.38. The van der Waals surface area contributed by atoms with E-state index in [2.05, 4.69) is 9.62 Å². The molecule has 3 N–H and O–H groups in total. The summed E-state index contributed by atoms with van der Waals surface area (Å²) < 4.78 is 27.2. The number of nitrogens with two attached hydrogens (primary N) is 1. The standard InChI is InChI=1S/C14H21N3O2S/c15-12-3-1-2-11(8-12)10-20(18,19)16-13-6-7-17(9-13)14-4-5-14/h1-3,8,13-14,16H,4-7,9-10,15H2. The Labute approximate surface area is 120 Å². The van der Waals surface area contributed by atoms with Gasteiger partial charge in [0.15, 0.2) is 0 Å². The van der Waals surface area contributed by atoms with Crippen molar-refractivity contribution in [3.8, 4) is 0 Å². The lowest BCUT2D eigenvalue weighted by Gasteiger charge is -2.16. The highest BCUT2D eigenvalue weighted by Gasteiger charge is 2.35. The van der Waals surface area contributed by atoms with Gasteiger partial charge in [0.1, 0.15) is 0 Å². The third-order valence-corrected chi connectivity index (χ3v) is 5.34. The number of benzene rings is 1.